The summed E-state index contributed by atoms with van der Waals surface area (Å²) in [4.78, 5) is 27.9. The number of piperidine rings is 1. The first-order valence-electron chi connectivity index (χ1n) is 9.88. The fraction of sp³-hybridized carbons (Fsp3) is 0.632. The average Bonchev–Trinajstić information content (AvgIpc) is 3.38. The second kappa shape index (κ2) is 8.22. The number of rotatable bonds is 5. The standard InChI is InChI=1S/C19H26N6O3/c1-12-20-11-16(19-23-13(2)24-28-19)17(22-12)25-7-5-14(6-8-25)18(26)21-10-15-4-3-9-27-15/h11,14-15H,3-10H2,1-2H3,(H,21,26). The third kappa shape index (κ3) is 4.14. The van der Waals surface area contributed by atoms with Crippen molar-refractivity contribution >= 4 is 11.7 Å². The molecule has 0 spiro atoms. The van der Waals surface area contributed by atoms with Crippen molar-refractivity contribution in [2.75, 3.05) is 31.1 Å². The quantitative estimate of drug-likeness (QED) is 0.827. The van der Waals surface area contributed by atoms with Crippen LogP contribution in [0.25, 0.3) is 11.5 Å². The van der Waals surface area contributed by atoms with E-state index in [1.807, 2.05) is 6.92 Å². The predicted octanol–water partition coefficient (Wildman–Crippen LogP) is 1.66. The van der Waals surface area contributed by atoms with Crippen molar-refractivity contribution < 1.29 is 14.1 Å². The molecule has 2 aromatic heterocycles. The monoisotopic (exact) mass is 386 g/mol. The number of hydrogen-bond acceptors (Lipinski definition) is 8. The van der Waals surface area contributed by atoms with Crippen molar-refractivity contribution in [2.24, 2.45) is 5.92 Å². The second-order valence-electron chi connectivity index (χ2n) is 7.44. The van der Waals surface area contributed by atoms with Crippen molar-refractivity contribution in [3.8, 4) is 11.5 Å². The molecular weight excluding hydrogens is 360 g/mol. The summed E-state index contributed by atoms with van der Waals surface area (Å²) in [5.41, 5.74) is 0.729. The minimum absolute atomic E-state index is 0.0229. The van der Waals surface area contributed by atoms with Crippen molar-refractivity contribution in [2.45, 2.75) is 45.6 Å². The van der Waals surface area contributed by atoms with Crippen LogP contribution >= 0.6 is 0 Å². The van der Waals surface area contributed by atoms with E-state index in [1.165, 1.54) is 0 Å². The van der Waals surface area contributed by atoms with E-state index in [9.17, 15) is 4.79 Å². The number of aryl methyl sites for hydroxylation is 2. The van der Waals surface area contributed by atoms with Crippen LogP contribution in [0.2, 0.25) is 0 Å². The fourth-order valence-corrected chi connectivity index (χ4v) is 3.77. The van der Waals surface area contributed by atoms with Gasteiger partial charge in [-0.3, -0.25) is 4.79 Å². The smallest absolute Gasteiger partial charge is 0.263 e. The molecule has 9 heteroatoms. The van der Waals surface area contributed by atoms with Gasteiger partial charge in [0.15, 0.2) is 5.82 Å². The van der Waals surface area contributed by atoms with E-state index in [4.69, 9.17) is 9.26 Å². The summed E-state index contributed by atoms with van der Waals surface area (Å²) < 4.78 is 10.9. The van der Waals surface area contributed by atoms with Crippen LogP contribution in [0.1, 0.15) is 37.3 Å². The first-order chi connectivity index (χ1) is 13.6. The van der Waals surface area contributed by atoms with Gasteiger partial charge < -0.3 is 19.5 Å². The Labute approximate surface area is 163 Å². The number of nitrogens with zero attached hydrogens (tertiary/aromatic N) is 5. The topological polar surface area (TPSA) is 106 Å². The van der Waals surface area contributed by atoms with Crippen LogP contribution in [-0.4, -0.2) is 58.4 Å². The van der Waals surface area contributed by atoms with Crippen molar-refractivity contribution in [3.05, 3.63) is 17.8 Å². The Kier molecular flexibility index (Phi) is 5.52. The average molecular weight is 386 g/mol. The number of hydrogen-bond donors (Lipinski definition) is 1. The molecule has 0 bridgehead atoms. The Morgan fingerprint density at radius 3 is 2.71 bits per heavy atom. The Morgan fingerprint density at radius 1 is 1.21 bits per heavy atom. The van der Waals surface area contributed by atoms with Gasteiger partial charge in [0.05, 0.1) is 6.10 Å². The van der Waals surface area contributed by atoms with Crippen LogP contribution < -0.4 is 10.2 Å². The van der Waals surface area contributed by atoms with Gasteiger partial charge in [-0.05, 0) is 39.5 Å². The lowest BCUT2D eigenvalue weighted by Gasteiger charge is -2.33. The highest BCUT2D eigenvalue weighted by Gasteiger charge is 2.28. The number of anilines is 1. The zero-order valence-corrected chi connectivity index (χ0v) is 16.3. The first-order valence-corrected chi connectivity index (χ1v) is 9.88. The minimum Gasteiger partial charge on any atom is -0.376 e. The summed E-state index contributed by atoms with van der Waals surface area (Å²) in [5.74, 6) is 2.62. The second-order valence-corrected chi connectivity index (χ2v) is 7.44. The van der Waals surface area contributed by atoms with Gasteiger partial charge in [0.2, 0.25) is 5.91 Å². The third-order valence-corrected chi connectivity index (χ3v) is 5.34. The molecule has 0 aromatic carbocycles. The van der Waals surface area contributed by atoms with Crippen molar-refractivity contribution in [3.63, 3.8) is 0 Å². The molecule has 2 aliphatic heterocycles. The van der Waals surface area contributed by atoms with E-state index in [2.05, 4.69) is 30.3 Å². The van der Waals surface area contributed by atoms with Gasteiger partial charge >= 0.3 is 0 Å². The summed E-state index contributed by atoms with van der Waals surface area (Å²) in [6, 6.07) is 0. The number of nitrogens with one attached hydrogen (secondary N) is 1. The van der Waals surface area contributed by atoms with Gasteiger partial charge in [0, 0.05) is 38.4 Å². The Balaban J connectivity index is 1.39. The highest BCUT2D eigenvalue weighted by Crippen LogP contribution is 2.30. The van der Waals surface area contributed by atoms with Crippen LogP contribution in [0.5, 0.6) is 0 Å². The number of carbonyl (C=O) groups is 1. The maximum Gasteiger partial charge on any atom is 0.263 e. The molecule has 2 fully saturated rings. The molecule has 1 atom stereocenters. The van der Waals surface area contributed by atoms with E-state index in [0.717, 1.165) is 56.8 Å². The van der Waals surface area contributed by atoms with Crippen LogP contribution in [0.3, 0.4) is 0 Å². The molecule has 1 unspecified atom stereocenters. The molecule has 28 heavy (non-hydrogen) atoms. The lowest BCUT2D eigenvalue weighted by atomic mass is 9.95. The van der Waals surface area contributed by atoms with Gasteiger partial charge in [0.25, 0.3) is 5.89 Å². The minimum atomic E-state index is 0.0229. The van der Waals surface area contributed by atoms with Crippen LogP contribution in [0.4, 0.5) is 5.82 Å². The molecule has 2 saturated heterocycles. The number of ether oxygens (including phenoxy) is 1. The van der Waals surface area contributed by atoms with E-state index in [-0.39, 0.29) is 17.9 Å². The van der Waals surface area contributed by atoms with E-state index < -0.39 is 0 Å². The summed E-state index contributed by atoms with van der Waals surface area (Å²) >= 11 is 0. The Morgan fingerprint density at radius 2 is 2.04 bits per heavy atom. The molecule has 4 rings (SSSR count). The molecule has 2 aromatic rings. The lowest BCUT2D eigenvalue weighted by molar-refractivity contribution is -0.126. The fourth-order valence-electron chi connectivity index (χ4n) is 3.77. The maximum atomic E-state index is 12.5. The van der Waals surface area contributed by atoms with Gasteiger partial charge in [-0.2, -0.15) is 4.98 Å². The maximum absolute atomic E-state index is 12.5. The summed E-state index contributed by atoms with van der Waals surface area (Å²) in [6.45, 7) is 6.55. The third-order valence-electron chi connectivity index (χ3n) is 5.34. The molecular formula is C19H26N6O3. The zero-order chi connectivity index (χ0) is 19.5. The van der Waals surface area contributed by atoms with Gasteiger partial charge in [-0.15, -0.1) is 0 Å². The number of amides is 1. The molecule has 2 aliphatic rings. The Hall–Kier alpha value is -2.55. The van der Waals surface area contributed by atoms with E-state index >= 15 is 0 Å². The summed E-state index contributed by atoms with van der Waals surface area (Å²) in [7, 11) is 0. The predicted molar refractivity (Wildman–Crippen MR) is 102 cm³/mol. The zero-order valence-electron chi connectivity index (χ0n) is 16.3. The van der Waals surface area contributed by atoms with Crippen molar-refractivity contribution in [1.29, 1.82) is 0 Å². The molecule has 0 saturated carbocycles. The summed E-state index contributed by atoms with van der Waals surface area (Å²) in [5, 5.41) is 6.92. The lowest BCUT2D eigenvalue weighted by Crippen LogP contribution is -2.42. The molecule has 0 radical (unpaired) electrons. The summed E-state index contributed by atoms with van der Waals surface area (Å²) in [6.07, 6.45) is 5.58. The van der Waals surface area contributed by atoms with Gasteiger partial charge in [-0.25, -0.2) is 9.97 Å². The SMILES string of the molecule is Cc1noc(-c2cnc(C)nc2N2CCC(C(=O)NCC3CCCO3)CC2)n1. The molecule has 1 N–H and O–H groups in total. The molecule has 9 nitrogen and oxygen atoms in total. The van der Waals surface area contributed by atoms with Crippen LogP contribution in [0.15, 0.2) is 10.7 Å². The first kappa shape index (κ1) is 18.8. The van der Waals surface area contributed by atoms with Crippen LogP contribution in [0, 0.1) is 19.8 Å². The van der Waals surface area contributed by atoms with Crippen molar-refractivity contribution in [1.82, 2.24) is 25.4 Å². The highest BCUT2D eigenvalue weighted by molar-refractivity contribution is 5.79. The van der Waals surface area contributed by atoms with E-state index in [1.54, 1.807) is 13.1 Å². The molecule has 0 aliphatic carbocycles. The molecule has 1 amide bonds. The van der Waals surface area contributed by atoms with E-state index in [0.29, 0.717) is 24.1 Å². The molecule has 4 heterocycles. The number of carbonyl (C=O) groups excluding carboxylic acids is 1. The van der Waals surface area contributed by atoms with Gasteiger partial charge in [0.1, 0.15) is 17.2 Å². The molecule has 150 valence electrons. The normalized spacial score (nSPS) is 20.5. The van der Waals surface area contributed by atoms with Gasteiger partial charge in [-0.1, -0.05) is 5.16 Å². The highest BCUT2D eigenvalue weighted by atomic mass is 16.5. The Bertz CT molecular complexity index is 825. The number of aromatic nitrogens is 4. The largest absolute Gasteiger partial charge is 0.376 e. The van der Waals surface area contributed by atoms with Crippen LogP contribution in [-0.2, 0) is 9.53 Å².